The van der Waals surface area contributed by atoms with E-state index in [0.29, 0.717) is 0 Å². The third-order valence-electron chi connectivity index (χ3n) is 4.88. The minimum atomic E-state index is 0.825. The maximum Gasteiger partial charge on any atom is 0.145 e. The van der Waals surface area contributed by atoms with E-state index in [-0.39, 0.29) is 0 Å². The summed E-state index contributed by atoms with van der Waals surface area (Å²) in [6, 6.07) is 20.7. The Hall–Kier alpha value is -2.37. The summed E-state index contributed by atoms with van der Waals surface area (Å²) >= 11 is 7.40. The normalized spacial score (nSPS) is 11.5. The van der Waals surface area contributed by atoms with E-state index in [1.807, 2.05) is 30.5 Å². The molecule has 0 amide bonds. The van der Waals surface area contributed by atoms with Crippen molar-refractivity contribution in [3.05, 3.63) is 75.8 Å². The van der Waals surface area contributed by atoms with Gasteiger partial charge in [-0.15, -0.1) is 0 Å². The molecular weight excluding hydrogens is 468 g/mol. The molecule has 0 saturated heterocycles. The lowest BCUT2D eigenvalue weighted by Gasteiger charge is -2.13. The highest BCUT2D eigenvalue weighted by molar-refractivity contribution is 9.11. The Bertz CT molecular complexity index is 1320. The topological polar surface area (TPSA) is 26.5 Å². The molecule has 0 atom stereocenters. The number of hydrogen-bond acceptors (Lipinski definition) is 2. The van der Waals surface area contributed by atoms with Gasteiger partial charge in [-0.2, -0.15) is 0 Å². The minimum Gasteiger partial charge on any atom is -0.497 e. The molecule has 0 unspecified atom stereocenters. The van der Waals surface area contributed by atoms with Gasteiger partial charge in [0.25, 0.3) is 0 Å². The zero-order chi connectivity index (χ0) is 18.5. The van der Waals surface area contributed by atoms with Crippen LogP contribution in [0.2, 0.25) is 0 Å². The van der Waals surface area contributed by atoms with Crippen LogP contribution in [0.15, 0.2) is 75.8 Å². The summed E-state index contributed by atoms with van der Waals surface area (Å²) in [5.41, 5.74) is 4.16. The molecule has 5 rings (SSSR count). The molecule has 0 bridgehead atoms. The van der Waals surface area contributed by atoms with Crippen molar-refractivity contribution in [1.82, 2.24) is 9.38 Å². The summed E-state index contributed by atoms with van der Waals surface area (Å²) in [5, 5.41) is 3.43. The monoisotopic (exact) mass is 480 g/mol. The van der Waals surface area contributed by atoms with Crippen LogP contribution in [-0.2, 0) is 0 Å². The van der Waals surface area contributed by atoms with Crippen molar-refractivity contribution in [2.75, 3.05) is 7.11 Å². The summed E-state index contributed by atoms with van der Waals surface area (Å²) in [5.74, 6) is 0.825. The molecule has 3 aromatic carbocycles. The van der Waals surface area contributed by atoms with Crippen molar-refractivity contribution < 1.29 is 4.74 Å². The second-order valence-electron chi connectivity index (χ2n) is 6.33. The predicted octanol–water partition coefficient (Wildman–Crippen LogP) is 6.84. The SMILES string of the molecule is COc1ccc2c3ccccc3n3c(-c4c(Br)cccc4Br)cnc3c2c1. The van der Waals surface area contributed by atoms with Crippen molar-refractivity contribution in [1.29, 1.82) is 0 Å². The standard InChI is InChI=1S/C22H14Br2N2O/c1-27-13-9-10-14-15-5-2-3-8-19(15)26-20(12-25-22(26)16(14)11-13)21-17(23)6-4-7-18(21)24/h2-12H,1H3. The molecule has 0 aliphatic rings. The predicted molar refractivity (Wildman–Crippen MR) is 118 cm³/mol. The number of halogens is 2. The van der Waals surface area contributed by atoms with Crippen LogP contribution in [0, 0.1) is 0 Å². The average molecular weight is 482 g/mol. The Morgan fingerprint density at radius 1 is 0.852 bits per heavy atom. The van der Waals surface area contributed by atoms with Crippen LogP contribution in [0.25, 0.3) is 38.6 Å². The Morgan fingerprint density at radius 2 is 1.63 bits per heavy atom. The van der Waals surface area contributed by atoms with E-state index in [1.165, 1.54) is 10.8 Å². The molecule has 3 nitrogen and oxygen atoms in total. The van der Waals surface area contributed by atoms with E-state index in [1.54, 1.807) is 7.11 Å². The lowest BCUT2D eigenvalue weighted by Crippen LogP contribution is -1.95. The highest BCUT2D eigenvalue weighted by atomic mass is 79.9. The van der Waals surface area contributed by atoms with Gasteiger partial charge in [0, 0.05) is 25.3 Å². The van der Waals surface area contributed by atoms with E-state index in [0.717, 1.165) is 42.5 Å². The molecule has 2 aromatic heterocycles. The fourth-order valence-electron chi connectivity index (χ4n) is 3.67. The van der Waals surface area contributed by atoms with Crippen molar-refractivity contribution in [3.63, 3.8) is 0 Å². The van der Waals surface area contributed by atoms with Gasteiger partial charge in [0.15, 0.2) is 0 Å². The average Bonchev–Trinajstić information content (AvgIpc) is 3.13. The van der Waals surface area contributed by atoms with Crippen LogP contribution in [0.1, 0.15) is 0 Å². The summed E-state index contributed by atoms with van der Waals surface area (Å²) in [7, 11) is 1.69. The maximum atomic E-state index is 5.46. The van der Waals surface area contributed by atoms with Gasteiger partial charge >= 0.3 is 0 Å². The van der Waals surface area contributed by atoms with Crippen LogP contribution in [0.3, 0.4) is 0 Å². The van der Waals surface area contributed by atoms with Crippen LogP contribution >= 0.6 is 31.9 Å². The van der Waals surface area contributed by atoms with Gasteiger partial charge in [0.1, 0.15) is 11.4 Å². The lowest BCUT2D eigenvalue weighted by atomic mass is 10.1. The number of benzene rings is 3. The van der Waals surface area contributed by atoms with Crippen LogP contribution in [0.4, 0.5) is 0 Å². The van der Waals surface area contributed by atoms with Gasteiger partial charge in [0.05, 0.1) is 24.5 Å². The first kappa shape index (κ1) is 16.8. The van der Waals surface area contributed by atoms with Gasteiger partial charge < -0.3 is 4.74 Å². The molecular formula is C22H14Br2N2O. The maximum absolute atomic E-state index is 5.46. The first-order chi connectivity index (χ1) is 13.2. The third kappa shape index (κ3) is 2.49. The number of pyridine rings is 1. The number of para-hydroxylation sites is 1. The smallest absolute Gasteiger partial charge is 0.145 e. The van der Waals surface area contributed by atoms with E-state index >= 15 is 0 Å². The Morgan fingerprint density at radius 3 is 2.41 bits per heavy atom. The van der Waals surface area contributed by atoms with Crippen molar-refractivity contribution in [2.24, 2.45) is 0 Å². The van der Waals surface area contributed by atoms with Crippen LogP contribution < -0.4 is 4.74 Å². The summed E-state index contributed by atoms with van der Waals surface area (Å²) in [6.45, 7) is 0. The molecule has 0 fully saturated rings. The van der Waals surface area contributed by atoms with Gasteiger partial charge in [-0.3, -0.25) is 4.40 Å². The van der Waals surface area contributed by atoms with Crippen molar-refractivity contribution >= 4 is 59.2 Å². The quantitative estimate of drug-likeness (QED) is 0.258. The van der Waals surface area contributed by atoms with Gasteiger partial charge in [0.2, 0.25) is 0 Å². The largest absolute Gasteiger partial charge is 0.497 e. The van der Waals surface area contributed by atoms with Crippen LogP contribution in [-0.4, -0.2) is 16.5 Å². The lowest BCUT2D eigenvalue weighted by molar-refractivity contribution is 0.415. The highest BCUT2D eigenvalue weighted by Crippen LogP contribution is 2.39. The zero-order valence-electron chi connectivity index (χ0n) is 14.4. The highest BCUT2D eigenvalue weighted by Gasteiger charge is 2.17. The van der Waals surface area contributed by atoms with Gasteiger partial charge in [-0.05, 0) is 41.8 Å². The summed E-state index contributed by atoms with van der Waals surface area (Å²) in [4.78, 5) is 4.80. The van der Waals surface area contributed by atoms with E-state index in [4.69, 9.17) is 9.72 Å². The van der Waals surface area contributed by atoms with E-state index < -0.39 is 0 Å². The second kappa shape index (κ2) is 6.36. The molecule has 0 radical (unpaired) electrons. The number of aromatic nitrogens is 2. The second-order valence-corrected chi connectivity index (χ2v) is 8.04. The van der Waals surface area contributed by atoms with E-state index in [2.05, 4.69) is 72.7 Å². The molecule has 0 aliphatic carbocycles. The number of nitrogens with zero attached hydrogens (tertiary/aromatic N) is 2. The molecule has 2 heterocycles. The Kier molecular flexibility index (Phi) is 3.95. The third-order valence-corrected chi connectivity index (χ3v) is 6.21. The van der Waals surface area contributed by atoms with Crippen molar-refractivity contribution in [2.45, 2.75) is 0 Å². The summed E-state index contributed by atoms with van der Waals surface area (Å²) < 4.78 is 9.73. The number of methoxy groups -OCH3 is 1. The number of hydrogen-bond donors (Lipinski definition) is 0. The minimum absolute atomic E-state index is 0.825. The van der Waals surface area contributed by atoms with Gasteiger partial charge in [-0.25, -0.2) is 4.98 Å². The van der Waals surface area contributed by atoms with Gasteiger partial charge in [-0.1, -0.05) is 56.1 Å². The molecule has 0 aliphatic heterocycles. The molecule has 5 heteroatoms. The molecule has 132 valence electrons. The Labute approximate surface area is 172 Å². The van der Waals surface area contributed by atoms with Crippen LogP contribution in [0.5, 0.6) is 5.75 Å². The number of rotatable bonds is 2. The molecule has 0 saturated carbocycles. The molecule has 0 N–H and O–H groups in total. The fraction of sp³-hybridized carbons (Fsp3) is 0.0455. The molecule has 5 aromatic rings. The van der Waals surface area contributed by atoms with Crippen molar-refractivity contribution in [3.8, 4) is 17.0 Å². The molecule has 0 spiro atoms. The number of ether oxygens (including phenoxy) is 1. The van der Waals surface area contributed by atoms with E-state index in [9.17, 15) is 0 Å². The first-order valence-corrected chi connectivity index (χ1v) is 10.1. The summed E-state index contributed by atoms with van der Waals surface area (Å²) in [6.07, 6.45) is 1.94. The number of imidazole rings is 1. The number of fused-ring (bicyclic) bond motifs is 6. The Balaban J connectivity index is 2.02. The zero-order valence-corrected chi connectivity index (χ0v) is 17.6. The fourth-order valence-corrected chi connectivity index (χ4v) is 5.08. The molecule has 27 heavy (non-hydrogen) atoms. The first-order valence-electron chi connectivity index (χ1n) is 8.49.